The molecule has 1 aliphatic carbocycles. The van der Waals surface area contributed by atoms with Gasteiger partial charge < -0.3 is 9.15 Å². The van der Waals surface area contributed by atoms with Crippen LogP contribution in [-0.4, -0.2) is 21.4 Å². The van der Waals surface area contributed by atoms with Gasteiger partial charge in [-0.2, -0.15) is 5.10 Å². The molecule has 2 aromatic heterocycles. The highest BCUT2D eigenvalue weighted by Crippen LogP contribution is 2.29. The second kappa shape index (κ2) is 6.51. The van der Waals surface area contributed by atoms with Gasteiger partial charge in [0.05, 0.1) is 24.9 Å². The van der Waals surface area contributed by atoms with E-state index in [-0.39, 0.29) is 0 Å². The van der Waals surface area contributed by atoms with Crippen molar-refractivity contribution in [3.8, 4) is 17.2 Å². The number of ether oxygens (including phenoxy) is 1. The van der Waals surface area contributed by atoms with Gasteiger partial charge in [0.1, 0.15) is 17.7 Å². The number of fused-ring (bicyclic) bond motifs is 1. The third kappa shape index (κ3) is 2.82. The summed E-state index contributed by atoms with van der Waals surface area (Å²) in [6.45, 7) is 3.23. The van der Waals surface area contributed by atoms with Gasteiger partial charge in [0.25, 0.3) is 0 Å². The SMILES string of the molecule is CCOc1ccccc1-c1nc(Cn2ncc3c2CCCC3)co1. The standard InChI is InChI=1S/C19H21N3O2/c1-2-23-18-10-6-4-8-16(18)19-21-15(13-24-19)12-22-17-9-5-3-7-14(17)11-20-22/h4,6,8,10-11,13H,2-3,5,7,9,12H2,1H3. The smallest absolute Gasteiger partial charge is 0.229 e. The van der Waals surface area contributed by atoms with Gasteiger partial charge in [-0.3, -0.25) is 4.68 Å². The summed E-state index contributed by atoms with van der Waals surface area (Å²) in [7, 11) is 0. The van der Waals surface area contributed by atoms with Gasteiger partial charge in [-0.25, -0.2) is 4.98 Å². The molecule has 124 valence electrons. The van der Waals surface area contributed by atoms with E-state index in [1.807, 2.05) is 37.4 Å². The number of nitrogens with zero attached hydrogens (tertiary/aromatic N) is 3. The number of rotatable bonds is 5. The summed E-state index contributed by atoms with van der Waals surface area (Å²) in [5.41, 5.74) is 4.49. The Bertz CT molecular complexity index is 835. The van der Waals surface area contributed by atoms with Crippen molar-refractivity contribution in [1.82, 2.24) is 14.8 Å². The average molecular weight is 323 g/mol. The molecule has 3 aromatic rings. The molecule has 0 unspecified atom stereocenters. The molecule has 0 fully saturated rings. The first-order valence-electron chi connectivity index (χ1n) is 8.55. The molecular formula is C19H21N3O2. The minimum Gasteiger partial charge on any atom is -0.493 e. The highest BCUT2D eigenvalue weighted by atomic mass is 16.5. The second-order valence-electron chi connectivity index (χ2n) is 6.05. The van der Waals surface area contributed by atoms with Gasteiger partial charge in [-0.05, 0) is 50.3 Å². The fraction of sp³-hybridized carbons (Fsp3) is 0.368. The molecule has 0 radical (unpaired) electrons. The number of hydrogen-bond acceptors (Lipinski definition) is 4. The number of para-hydroxylation sites is 1. The van der Waals surface area contributed by atoms with Crippen LogP contribution in [0.1, 0.15) is 36.7 Å². The molecule has 0 amide bonds. The molecule has 0 bridgehead atoms. The Morgan fingerprint density at radius 1 is 1.21 bits per heavy atom. The molecule has 0 saturated carbocycles. The minimum atomic E-state index is 0.593. The van der Waals surface area contributed by atoms with Crippen LogP contribution in [0.3, 0.4) is 0 Å². The number of benzene rings is 1. The van der Waals surface area contributed by atoms with Crippen LogP contribution < -0.4 is 4.74 Å². The van der Waals surface area contributed by atoms with Crippen molar-refractivity contribution in [3.05, 3.63) is 53.7 Å². The quantitative estimate of drug-likeness (QED) is 0.715. The predicted octanol–water partition coefficient (Wildman–Crippen LogP) is 3.86. The van der Waals surface area contributed by atoms with Gasteiger partial charge in [-0.1, -0.05) is 12.1 Å². The maximum atomic E-state index is 5.70. The summed E-state index contributed by atoms with van der Waals surface area (Å²) in [4.78, 5) is 4.64. The number of oxazole rings is 1. The Hall–Kier alpha value is -2.56. The maximum absolute atomic E-state index is 5.70. The van der Waals surface area contributed by atoms with Gasteiger partial charge in [0.2, 0.25) is 5.89 Å². The van der Waals surface area contributed by atoms with Crippen molar-refractivity contribution in [2.24, 2.45) is 0 Å². The molecule has 0 atom stereocenters. The van der Waals surface area contributed by atoms with Crippen molar-refractivity contribution in [1.29, 1.82) is 0 Å². The van der Waals surface area contributed by atoms with E-state index in [9.17, 15) is 0 Å². The molecule has 0 saturated heterocycles. The van der Waals surface area contributed by atoms with Gasteiger partial charge >= 0.3 is 0 Å². The minimum absolute atomic E-state index is 0.593. The zero-order valence-electron chi connectivity index (χ0n) is 13.9. The van der Waals surface area contributed by atoms with Crippen LogP contribution in [0.4, 0.5) is 0 Å². The first-order valence-corrected chi connectivity index (χ1v) is 8.55. The van der Waals surface area contributed by atoms with Crippen molar-refractivity contribution < 1.29 is 9.15 Å². The average Bonchev–Trinajstić information content (AvgIpc) is 3.24. The summed E-state index contributed by atoms with van der Waals surface area (Å²) < 4.78 is 13.4. The number of aryl methyl sites for hydroxylation is 1. The van der Waals surface area contributed by atoms with E-state index in [4.69, 9.17) is 9.15 Å². The van der Waals surface area contributed by atoms with E-state index in [0.29, 0.717) is 19.0 Å². The Morgan fingerprint density at radius 3 is 3.00 bits per heavy atom. The van der Waals surface area contributed by atoms with Crippen LogP contribution in [0.2, 0.25) is 0 Å². The van der Waals surface area contributed by atoms with Crippen molar-refractivity contribution in [3.63, 3.8) is 0 Å². The Kier molecular flexibility index (Phi) is 4.07. The summed E-state index contributed by atoms with van der Waals surface area (Å²) in [5, 5.41) is 4.53. The van der Waals surface area contributed by atoms with Crippen LogP contribution in [0.25, 0.3) is 11.5 Å². The Labute approximate surface area is 141 Å². The van der Waals surface area contributed by atoms with Crippen LogP contribution in [-0.2, 0) is 19.4 Å². The molecule has 1 aromatic carbocycles. The van der Waals surface area contributed by atoms with E-state index < -0.39 is 0 Å². The highest BCUT2D eigenvalue weighted by molar-refractivity contribution is 5.62. The van der Waals surface area contributed by atoms with Crippen LogP contribution in [0.15, 0.2) is 41.1 Å². The maximum Gasteiger partial charge on any atom is 0.229 e. The molecule has 5 heteroatoms. The topological polar surface area (TPSA) is 53.1 Å². The zero-order chi connectivity index (χ0) is 16.4. The molecule has 5 nitrogen and oxygen atoms in total. The molecule has 1 aliphatic rings. The van der Waals surface area contributed by atoms with Crippen LogP contribution >= 0.6 is 0 Å². The largest absolute Gasteiger partial charge is 0.493 e. The monoisotopic (exact) mass is 323 g/mol. The summed E-state index contributed by atoms with van der Waals surface area (Å²) in [6, 6.07) is 7.82. The van der Waals surface area contributed by atoms with Crippen molar-refractivity contribution >= 4 is 0 Å². The van der Waals surface area contributed by atoms with Gasteiger partial charge in [0.15, 0.2) is 0 Å². The fourth-order valence-corrected chi connectivity index (χ4v) is 3.27. The van der Waals surface area contributed by atoms with E-state index in [1.54, 1.807) is 6.26 Å². The Balaban J connectivity index is 1.58. The lowest BCUT2D eigenvalue weighted by Gasteiger charge is -2.12. The summed E-state index contributed by atoms with van der Waals surface area (Å²) >= 11 is 0. The molecule has 24 heavy (non-hydrogen) atoms. The zero-order valence-corrected chi connectivity index (χ0v) is 13.9. The van der Waals surface area contributed by atoms with E-state index in [2.05, 4.69) is 14.8 Å². The van der Waals surface area contributed by atoms with Gasteiger partial charge in [0, 0.05) is 5.69 Å². The van der Waals surface area contributed by atoms with E-state index >= 15 is 0 Å². The lowest BCUT2D eigenvalue weighted by Crippen LogP contribution is -2.10. The molecular weight excluding hydrogens is 302 g/mol. The Morgan fingerprint density at radius 2 is 2.08 bits per heavy atom. The molecule has 4 rings (SSSR count). The third-order valence-electron chi connectivity index (χ3n) is 4.43. The second-order valence-corrected chi connectivity index (χ2v) is 6.05. The molecule has 2 heterocycles. The molecule has 0 N–H and O–H groups in total. The summed E-state index contributed by atoms with van der Waals surface area (Å²) in [5.74, 6) is 1.39. The number of hydrogen-bond donors (Lipinski definition) is 0. The first kappa shape index (κ1) is 15.0. The lowest BCUT2D eigenvalue weighted by atomic mass is 9.98. The van der Waals surface area contributed by atoms with Crippen molar-refractivity contribution in [2.75, 3.05) is 6.61 Å². The normalized spacial score (nSPS) is 13.7. The van der Waals surface area contributed by atoms with Crippen LogP contribution in [0, 0.1) is 0 Å². The van der Waals surface area contributed by atoms with Crippen molar-refractivity contribution in [2.45, 2.75) is 39.2 Å². The summed E-state index contributed by atoms with van der Waals surface area (Å²) in [6.07, 6.45) is 8.47. The fourth-order valence-electron chi connectivity index (χ4n) is 3.27. The lowest BCUT2D eigenvalue weighted by molar-refractivity contribution is 0.340. The van der Waals surface area contributed by atoms with Gasteiger partial charge in [-0.15, -0.1) is 0 Å². The number of aromatic nitrogens is 3. The first-order chi connectivity index (χ1) is 11.8. The predicted molar refractivity (Wildman–Crippen MR) is 91.1 cm³/mol. The molecule has 0 aliphatic heterocycles. The van der Waals surface area contributed by atoms with E-state index in [1.165, 1.54) is 24.1 Å². The molecule has 0 spiro atoms. The van der Waals surface area contributed by atoms with E-state index in [0.717, 1.165) is 29.8 Å². The highest BCUT2D eigenvalue weighted by Gasteiger charge is 2.17. The third-order valence-corrected chi connectivity index (χ3v) is 4.43. The van der Waals surface area contributed by atoms with Crippen LogP contribution in [0.5, 0.6) is 5.75 Å².